The molecule has 0 fully saturated rings. The molecule has 2 aromatic rings. The molecule has 0 radical (unpaired) electrons. The molecule has 1 heterocycles. The molecule has 8 heteroatoms. The molecule has 0 amide bonds. The summed E-state index contributed by atoms with van der Waals surface area (Å²) < 4.78 is 1.42. The Morgan fingerprint density at radius 1 is 1.27 bits per heavy atom. The van der Waals surface area contributed by atoms with Crippen molar-refractivity contribution < 1.29 is 14.8 Å². The zero-order valence-electron chi connectivity index (χ0n) is 11.5. The summed E-state index contributed by atoms with van der Waals surface area (Å²) in [7, 11) is 0. The van der Waals surface area contributed by atoms with Crippen molar-refractivity contribution in [3.8, 4) is 0 Å². The molecule has 0 saturated carbocycles. The van der Waals surface area contributed by atoms with E-state index >= 15 is 0 Å². The minimum Gasteiger partial charge on any atom is -0.481 e. The van der Waals surface area contributed by atoms with Crippen LogP contribution in [0.1, 0.15) is 19.3 Å². The van der Waals surface area contributed by atoms with Crippen LogP contribution in [0.15, 0.2) is 29.2 Å². The molecule has 2 rings (SSSR count). The number of hydrogen-bond donors (Lipinski definition) is 1. The number of unbranched alkanes of at least 4 members (excludes halogenated alkanes) is 1. The lowest BCUT2D eigenvalue weighted by Gasteiger charge is -2.07. The molecule has 0 aliphatic rings. The molecule has 0 bridgehead atoms. The van der Waals surface area contributed by atoms with Gasteiger partial charge in [-0.25, -0.2) is 0 Å². The number of carboxylic acid groups (broad SMARTS) is 1. The summed E-state index contributed by atoms with van der Waals surface area (Å²) in [6.07, 6.45) is 2.51. The number of carbonyl (C=O) groups is 1. The molecule has 0 atom stereocenters. The summed E-state index contributed by atoms with van der Waals surface area (Å²) in [4.78, 5) is 33.2. The van der Waals surface area contributed by atoms with E-state index in [1.165, 1.54) is 29.0 Å². The van der Waals surface area contributed by atoms with Crippen molar-refractivity contribution in [2.24, 2.45) is 0 Å². The van der Waals surface area contributed by atoms with E-state index in [9.17, 15) is 19.7 Å². The summed E-state index contributed by atoms with van der Waals surface area (Å²) in [5.74, 6) is -0.879. The topological polar surface area (TPSA) is 102 Å². The number of aryl methyl sites for hydroxylation is 1. The first kappa shape index (κ1) is 16.0. The number of fused-ring (bicyclic) bond motifs is 1. The highest BCUT2D eigenvalue weighted by atomic mass is 35.5. The van der Waals surface area contributed by atoms with Crippen molar-refractivity contribution >= 4 is 34.0 Å². The van der Waals surface area contributed by atoms with Gasteiger partial charge in [0.15, 0.2) is 0 Å². The van der Waals surface area contributed by atoms with E-state index in [1.54, 1.807) is 0 Å². The Kier molecular flexibility index (Phi) is 4.77. The lowest BCUT2D eigenvalue weighted by molar-refractivity contribution is -0.382. The Balaban J connectivity index is 2.35. The van der Waals surface area contributed by atoms with Gasteiger partial charge in [-0.1, -0.05) is 11.6 Å². The highest BCUT2D eigenvalue weighted by Gasteiger charge is 2.19. The number of aromatic nitrogens is 1. The predicted octanol–water partition coefficient (Wildman–Crippen LogP) is 2.82. The number of benzene rings is 1. The number of rotatable bonds is 6. The first-order valence-corrected chi connectivity index (χ1v) is 6.97. The van der Waals surface area contributed by atoms with Crippen LogP contribution < -0.4 is 5.56 Å². The maximum Gasteiger partial charge on any atom is 0.303 e. The Bertz CT molecular complexity index is 800. The normalized spacial score (nSPS) is 10.8. The summed E-state index contributed by atoms with van der Waals surface area (Å²) in [5.41, 5.74) is -0.637. The number of halogens is 1. The fourth-order valence-corrected chi connectivity index (χ4v) is 2.48. The minimum absolute atomic E-state index is 0.0175. The fourth-order valence-electron chi connectivity index (χ4n) is 2.24. The second-order valence-corrected chi connectivity index (χ2v) is 5.19. The third kappa shape index (κ3) is 3.25. The van der Waals surface area contributed by atoms with Gasteiger partial charge in [0.1, 0.15) is 5.02 Å². The van der Waals surface area contributed by atoms with Gasteiger partial charge >= 0.3 is 5.97 Å². The van der Waals surface area contributed by atoms with Gasteiger partial charge in [0.25, 0.3) is 11.2 Å². The molecular weight excluding hydrogens is 312 g/mol. The van der Waals surface area contributed by atoms with E-state index in [1.807, 2.05) is 0 Å². The van der Waals surface area contributed by atoms with Crippen LogP contribution in [0.25, 0.3) is 10.8 Å². The number of nitrogens with zero attached hydrogens (tertiary/aromatic N) is 2. The average Bonchev–Trinajstić information content (AvgIpc) is 2.44. The number of carboxylic acids is 1. The molecule has 0 aliphatic carbocycles. The molecule has 0 saturated heterocycles. The molecule has 0 aliphatic heterocycles. The maximum atomic E-state index is 12.3. The molecule has 1 aromatic heterocycles. The van der Waals surface area contributed by atoms with E-state index in [2.05, 4.69) is 0 Å². The zero-order valence-corrected chi connectivity index (χ0v) is 12.2. The van der Waals surface area contributed by atoms with Gasteiger partial charge in [-0.05, 0) is 31.0 Å². The van der Waals surface area contributed by atoms with Crippen molar-refractivity contribution in [3.05, 3.63) is 49.9 Å². The minimum atomic E-state index is -0.879. The van der Waals surface area contributed by atoms with Crippen LogP contribution in [-0.4, -0.2) is 20.6 Å². The van der Waals surface area contributed by atoms with Crippen LogP contribution in [0.2, 0.25) is 5.02 Å². The van der Waals surface area contributed by atoms with Crippen molar-refractivity contribution in [2.45, 2.75) is 25.8 Å². The second-order valence-electron chi connectivity index (χ2n) is 4.78. The van der Waals surface area contributed by atoms with Crippen molar-refractivity contribution in [1.82, 2.24) is 4.57 Å². The quantitative estimate of drug-likeness (QED) is 0.500. The SMILES string of the molecule is O=C(O)CCCCn1ccc2c([N+](=O)[O-])c(Cl)ccc2c1=O. The molecule has 22 heavy (non-hydrogen) atoms. The third-order valence-corrected chi connectivity index (χ3v) is 3.61. The lowest BCUT2D eigenvalue weighted by Crippen LogP contribution is -2.20. The molecule has 7 nitrogen and oxygen atoms in total. The van der Waals surface area contributed by atoms with Gasteiger partial charge in [0, 0.05) is 19.2 Å². The number of aliphatic carboxylic acids is 1. The number of nitro groups is 1. The highest BCUT2D eigenvalue weighted by Crippen LogP contribution is 2.31. The zero-order chi connectivity index (χ0) is 16.3. The van der Waals surface area contributed by atoms with E-state index < -0.39 is 10.9 Å². The molecule has 0 unspecified atom stereocenters. The molecular formula is C14H13ClN2O5. The fraction of sp³-hybridized carbons (Fsp3) is 0.286. The second kappa shape index (κ2) is 6.57. The van der Waals surface area contributed by atoms with Gasteiger partial charge in [0.05, 0.1) is 15.7 Å². The van der Waals surface area contributed by atoms with Crippen LogP contribution in [0.3, 0.4) is 0 Å². The Hall–Kier alpha value is -2.41. The average molecular weight is 325 g/mol. The summed E-state index contributed by atoms with van der Waals surface area (Å²) in [6, 6.07) is 4.27. The highest BCUT2D eigenvalue weighted by molar-refractivity contribution is 6.34. The molecule has 116 valence electrons. The number of hydrogen-bond acceptors (Lipinski definition) is 4. The Morgan fingerprint density at radius 2 is 2.00 bits per heavy atom. The molecule has 1 aromatic carbocycles. The van der Waals surface area contributed by atoms with E-state index in [-0.39, 0.29) is 33.5 Å². The Labute approximate surface area is 129 Å². The number of pyridine rings is 1. The smallest absolute Gasteiger partial charge is 0.303 e. The largest absolute Gasteiger partial charge is 0.481 e. The summed E-state index contributed by atoms with van der Waals surface area (Å²) in [6.45, 7) is 0.360. The first-order valence-electron chi connectivity index (χ1n) is 6.59. The van der Waals surface area contributed by atoms with Crippen LogP contribution in [0.5, 0.6) is 0 Å². The van der Waals surface area contributed by atoms with Crippen LogP contribution in [0.4, 0.5) is 5.69 Å². The summed E-state index contributed by atoms with van der Waals surface area (Å²) >= 11 is 5.82. The van der Waals surface area contributed by atoms with Gasteiger partial charge in [0.2, 0.25) is 0 Å². The standard InChI is InChI=1S/C14H13ClN2O5/c15-11-5-4-10-9(13(11)17(21)22)6-8-16(14(10)20)7-2-1-3-12(18)19/h4-6,8H,1-3,7H2,(H,18,19). The molecule has 1 N–H and O–H groups in total. The van der Waals surface area contributed by atoms with Crippen LogP contribution in [0, 0.1) is 10.1 Å². The van der Waals surface area contributed by atoms with Gasteiger partial charge in [-0.15, -0.1) is 0 Å². The van der Waals surface area contributed by atoms with Gasteiger partial charge in [-0.2, -0.15) is 0 Å². The predicted molar refractivity (Wildman–Crippen MR) is 81.4 cm³/mol. The summed E-state index contributed by atoms with van der Waals surface area (Å²) in [5, 5.41) is 20.0. The van der Waals surface area contributed by atoms with Crippen LogP contribution >= 0.6 is 11.6 Å². The molecule has 0 spiro atoms. The van der Waals surface area contributed by atoms with Gasteiger partial charge in [-0.3, -0.25) is 19.7 Å². The van der Waals surface area contributed by atoms with Crippen molar-refractivity contribution in [1.29, 1.82) is 0 Å². The lowest BCUT2D eigenvalue weighted by atomic mass is 10.1. The maximum absolute atomic E-state index is 12.3. The third-order valence-electron chi connectivity index (χ3n) is 3.30. The van der Waals surface area contributed by atoms with Crippen LogP contribution in [-0.2, 0) is 11.3 Å². The van der Waals surface area contributed by atoms with E-state index in [0.717, 1.165) is 0 Å². The van der Waals surface area contributed by atoms with Crippen molar-refractivity contribution in [2.75, 3.05) is 0 Å². The van der Waals surface area contributed by atoms with E-state index in [4.69, 9.17) is 16.7 Å². The first-order chi connectivity index (χ1) is 10.4. The van der Waals surface area contributed by atoms with Crippen molar-refractivity contribution in [3.63, 3.8) is 0 Å². The monoisotopic (exact) mass is 324 g/mol. The van der Waals surface area contributed by atoms with E-state index in [0.29, 0.717) is 19.4 Å². The Morgan fingerprint density at radius 3 is 2.64 bits per heavy atom. The number of nitro benzene ring substituents is 1. The van der Waals surface area contributed by atoms with Gasteiger partial charge < -0.3 is 9.67 Å².